The van der Waals surface area contributed by atoms with E-state index in [0.29, 0.717) is 11.3 Å². The van der Waals surface area contributed by atoms with Crippen molar-refractivity contribution in [3.8, 4) is 0 Å². The standard InChI is InChI=1S/C15H20BrNOS/c1-3-19-14-6-4-5-13(14)17-15(18)11-7-10(2)8-12(16)9-11/h7-9,13-14H,3-6H2,1-2H3,(H,17,18). The lowest BCUT2D eigenvalue weighted by Gasteiger charge is -2.20. The Morgan fingerprint density at radius 1 is 1.42 bits per heavy atom. The molecule has 2 rings (SSSR count). The zero-order chi connectivity index (χ0) is 13.8. The predicted molar refractivity (Wildman–Crippen MR) is 85.9 cm³/mol. The van der Waals surface area contributed by atoms with Gasteiger partial charge in [-0.1, -0.05) is 29.3 Å². The summed E-state index contributed by atoms with van der Waals surface area (Å²) in [5, 5.41) is 3.79. The number of hydrogen-bond donors (Lipinski definition) is 1. The van der Waals surface area contributed by atoms with E-state index in [4.69, 9.17) is 0 Å². The molecule has 2 nitrogen and oxygen atoms in total. The Hall–Kier alpha value is -0.480. The normalized spacial score (nSPS) is 22.5. The predicted octanol–water partition coefficient (Wildman–Crippen LogP) is 4.16. The van der Waals surface area contributed by atoms with Crippen molar-refractivity contribution in [1.29, 1.82) is 0 Å². The first-order chi connectivity index (χ1) is 9.10. The molecule has 1 saturated carbocycles. The van der Waals surface area contributed by atoms with Crippen LogP contribution in [-0.4, -0.2) is 23.0 Å². The average molecular weight is 342 g/mol. The fraction of sp³-hybridized carbons (Fsp3) is 0.533. The zero-order valence-corrected chi connectivity index (χ0v) is 13.8. The Balaban J connectivity index is 2.04. The van der Waals surface area contributed by atoms with Gasteiger partial charge in [0.05, 0.1) is 0 Å². The molecule has 0 spiro atoms. The highest BCUT2D eigenvalue weighted by Gasteiger charge is 2.28. The van der Waals surface area contributed by atoms with E-state index in [-0.39, 0.29) is 5.91 Å². The molecule has 19 heavy (non-hydrogen) atoms. The van der Waals surface area contributed by atoms with Gasteiger partial charge in [-0.3, -0.25) is 4.79 Å². The van der Waals surface area contributed by atoms with Crippen LogP contribution in [0.5, 0.6) is 0 Å². The lowest BCUT2D eigenvalue weighted by molar-refractivity contribution is 0.0938. The van der Waals surface area contributed by atoms with E-state index in [2.05, 4.69) is 28.2 Å². The van der Waals surface area contributed by atoms with Crippen LogP contribution in [0.15, 0.2) is 22.7 Å². The molecule has 0 aromatic heterocycles. The average Bonchev–Trinajstić information content (AvgIpc) is 2.76. The fourth-order valence-corrected chi connectivity index (χ4v) is 4.43. The first kappa shape index (κ1) is 14.9. The summed E-state index contributed by atoms with van der Waals surface area (Å²) in [5.41, 5.74) is 1.85. The molecule has 2 atom stereocenters. The van der Waals surface area contributed by atoms with Crippen LogP contribution < -0.4 is 5.32 Å². The number of carbonyl (C=O) groups excluding carboxylic acids is 1. The van der Waals surface area contributed by atoms with Crippen molar-refractivity contribution in [2.45, 2.75) is 44.4 Å². The Labute approximate surface area is 127 Å². The Morgan fingerprint density at radius 2 is 2.21 bits per heavy atom. The van der Waals surface area contributed by atoms with Gasteiger partial charge < -0.3 is 5.32 Å². The zero-order valence-electron chi connectivity index (χ0n) is 11.4. The molecule has 1 aliphatic carbocycles. The second-order valence-corrected chi connectivity index (χ2v) is 7.45. The maximum atomic E-state index is 12.3. The molecule has 104 valence electrons. The molecule has 0 aliphatic heterocycles. The van der Waals surface area contributed by atoms with Crippen LogP contribution in [0, 0.1) is 6.92 Å². The first-order valence-corrected chi connectivity index (χ1v) is 8.64. The van der Waals surface area contributed by atoms with Gasteiger partial charge in [-0.05, 0) is 49.3 Å². The van der Waals surface area contributed by atoms with E-state index in [0.717, 1.165) is 27.8 Å². The molecule has 1 aromatic carbocycles. The fourth-order valence-electron chi connectivity index (χ4n) is 2.62. The van der Waals surface area contributed by atoms with Crippen molar-refractivity contribution in [1.82, 2.24) is 5.32 Å². The second-order valence-electron chi connectivity index (χ2n) is 5.02. The van der Waals surface area contributed by atoms with Crippen LogP contribution in [0.1, 0.15) is 42.1 Å². The number of rotatable bonds is 4. The first-order valence-electron chi connectivity index (χ1n) is 6.80. The van der Waals surface area contributed by atoms with Gasteiger partial charge in [0.25, 0.3) is 5.91 Å². The van der Waals surface area contributed by atoms with Crippen molar-refractivity contribution in [2.75, 3.05) is 5.75 Å². The third-order valence-electron chi connectivity index (χ3n) is 3.45. The number of benzene rings is 1. The summed E-state index contributed by atoms with van der Waals surface area (Å²) in [6, 6.07) is 6.18. The number of aryl methyl sites for hydroxylation is 1. The largest absolute Gasteiger partial charge is 0.348 e. The van der Waals surface area contributed by atoms with Crippen molar-refractivity contribution >= 4 is 33.6 Å². The topological polar surface area (TPSA) is 29.1 Å². The van der Waals surface area contributed by atoms with Crippen molar-refractivity contribution in [3.63, 3.8) is 0 Å². The highest BCUT2D eigenvalue weighted by molar-refractivity contribution is 9.10. The smallest absolute Gasteiger partial charge is 0.251 e. The number of carbonyl (C=O) groups is 1. The van der Waals surface area contributed by atoms with E-state index >= 15 is 0 Å². The van der Waals surface area contributed by atoms with Crippen LogP contribution in [0.4, 0.5) is 0 Å². The lowest BCUT2D eigenvalue weighted by Crippen LogP contribution is -2.38. The van der Waals surface area contributed by atoms with Crippen molar-refractivity contribution in [2.24, 2.45) is 0 Å². The SMILES string of the molecule is CCSC1CCCC1NC(=O)c1cc(C)cc(Br)c1. The molecule has 1 fully saturated rings. The summed E-state index contributed by atoms with van der Waals surface area (Å²) in [4.78, 5) is 12.3. The maximum absolute atomic E-state index is 12.3. The maximum Gasteiger partial charge on any atom is 0.251 e. The van der Waals surface area contributed by atoms with Crippen LogP contribution in [0.25, 0.3) is 0 Å². The van der Waals surface area contributed by atoms with Gasteiger partial charge in [0.15, 0.2) is 0 Å². The summed E-state index contributed by atoms with van der Waals surface area (Å²) < 4.78 is 0.962. The molecule has 1 N–H and O–H groups in total. The van der Waals surface area contributed by atoms with Gasteiger partial charge in [-0.15, -0.1) is 0 Å². The highest BCUT2D eigenvalue weighted by atomic mass is 79.9. The Kier molecular flexibility index (Phi) is 5.34. The molecule has 1 aliphatic rings. The van der Waals surface area contributed by atoms with Gasteiger partial charge >= 0.3 is 0 Å². The number of nitrogens with one attached hydrogen (secondary N) is 1. The van der Waals surface area contributed by atoms with Gasteiger partial charge in [0.1, 0.15) is 0 Å². The molecule has 0 radical (unpaired) electrons. The minimum Gasteiger partial charge on any atom is -0.348 e. The van der Waals surface area contributed by atoms with E-state index in [1.54, 1.807) is 0 Å². The third kappa shape index (κ3) is 3.99. The molecule has 0 heterocycles. The van der Waals surface area contributed by atoms with E-state index in [9.17, 15) is 4.79 Å². The van der Waals surface area contributed by atoms with Crippen LogP contribution in [-0.2, 0) is 0 Å². The molecule has 0 bridgehead atoms. The molecule has 0 saturated heterocycles. The quantitative estimate of drug-likeness (QED) is 0.890. The summed E-state index contributed by atoms with van der Waals surface area (Å²) in [6.07, 6.45) is 3.55. The van der Waals surface area contributed by atoms with Crippen LogP contribution in [0.2, 0.25) is 0 Å². The van der Waals surface area contributed by atoms with Crippen molar-refractivity contribution in [3.05, 3.63) is 33.8 Å². The minimum absolute atomic E-state index is 0.0537. The second kappa shape index (κ2) is 6.80. The molecule has 1 aromatic rings. The number of amides is 1. The molecule has 4 heteroatoms. The molecular weight excluding hydrogens is 322 g/mol. The lowest BCUT2D eigenvalue weighted by atomic mass is 10.1. The van der Waals surface area contributed by atoms with Crippen LogP contribution >= 0.6 is 27.7 Å². The summed E-state index contributed by atoms with van der Waals surface area (Å²) in [6.45, 7) is 4.19. The van der Waals surface area contributed by atoms with Crippen LogP contribution in [0.3, 0.4) is 0 Å². The summed E-state index contributed by atoms with van der Waals surface area (Å²) >= 11 is 5.41. The number of hydrogen-bond acceptors (Lipinski definition) is 2. The highest BCUT2D eigenvalue weighted by Crippen LogP contribution is 2.30. The van der Waals surface area contributed by atoms with E-state index in [1.807, 2.05) is 36.9 Å². The molecule has 2 unspecified atom stereocenters. The van der Waals surface area contributed by atoms with E-state index in [1.165, 1.54) is 12.8 Å². The van der Waals surface area contributed by atoms with Gasteiger partial charge in [-0.25, -0.2) is 0 Å². The molecular formula is C15H20BrNOS. The Bertz CT molecular complexity index is 443. The van der Waals surface area contributed by atoms with Crippen molar-refractivity contribution < 1.29 is 4.79 Å². The monoisotopic (exact) mass is 341 g/mol. The minimum atomic E-state index is 0.0537. The Morgan fingerprint density at radius 3 is 2.89 bits per heavy atom. The number of halogens is 1. The summed E-state index contributed by atoms with van der Waals surface area (Å²) in [5.74, 6) is 1.17. The number of thioether (sulfide) groups is 1. The van der Waals surface area contributed by atoms with Gasteiger partial charge in [0.2, 0.25) is 0 Å². The third-order valence-corrected chi connectivity index (χ3v) is 5.24. The van der Waals surface area contributed by atoms with Gasteiger partial charge in [0, 0.05) is 21.3 Å². The van der Waals surface area contributed by atoms with Gasteiger partial charge in [-0.2, -0.15) is 11.8 Å². The molecule has 1 amide bonds. The van der Waals surface area contributed by atoms with E-state index < -0.39 is 0 Å². The summed E-state index contributed by atoms with van der Waals surface area (Å²) in [7, 11) is 0.